The molecule has 0 saturated carbocycles. The highest BCUT2D eigenvalue weighted by atomic mass is 32.2. The Kier molecular flexibility index (Phi) is 52.0. The van der Waals surface area contributed by atoms with E-state index < -0.39 is 101 Å². The second kappa shape index (κ2) is 63.0. The Morgan fingerprint density at radius 3 is 1.26 bits per heavy atom. The van der Waals surface area contributed by atoms with E-state index in [1.54, 1.807) is 154 Å². The Bertz CT molecular complexity index is 5840. The first-order chi connectivity index (χ1) is 69.7. The van der Waals surface area contributed by atoms with Crippen LogP contribution in [0.25, 0.3) is 21.8 Å². The summed E-state index contributed by atoms with van der Waals surface area (Å²) in [5, 5.41) is 68.1. The summed E-state index contributed by atoms with van der Waals surface area (Å²) in [5.41, 5.74) is 4.42. The number of rotatable bonds is 57. The highest BCUT2D eigenvalue weighted by Gasteiger charge is 2.33. The summed E-state index contributed by atoms with van der Waals surface area (Å²) >= 11 is 0. The van der Waals surface area contributed by atoms with Gasteiger partial charge in [0.15, 0.2) is 11.9 Å². The van der Waals surface area contributed by atoms with Gasteiger partial charge in [0.1, 0.15) is 35.4 Å². The molecule has 0 bridgehead atoms. The van der Waals surface area contributed by atoms with Gasteiger partial charge in [0, 0.05) is 177 Å². The zero-order valence-electron chi connectivity index (χ0n) is 84.3. The van der Waals surface area contributed by atoms with E-state index in [-0.39, 0.29) is 65.6 Å². The molecule has 1 saturated heterocycles. The number of hydrogen-bond donors (Lipinski definition) is 17. The third-order valence-corrected chi connectivity index (χ3v) is 26.2. The van der Waals surface area contributed by atoms with E-state index in [0.717, 1.165) is 73.7 Å². The smallest absolute Gasteiger partial charge is 0.494 e. The van der Waals surface area contributed by atoms with Crippen LogP contribution in [0.5, 0.6) is 17.2 Å². The number of phosphoric ester groups is 1. The second-order valence-electron chi connectivity index (χ2n) is 34.0. The van der Waals surface area contributed by atoms with Gasteiger partial charge in [-0.25, -0.2) is 31.4 Å². The number of fused-ring (bicyclic) bond motifs is 2. The van der Waals surface area contributed by atoms with Gasteiger partial charge in [-0.1, -0.05) is 39.8 Å². The normalized spacial score (nSPS) is 13.6. The van der Waals surface area contributed by atoms with Crippen LogP contribution in [-0.4, -0.2) is 348 Å². The molecule has 5 heterocycles. The maximum absolute atomic E-state index is 13.3. The van der Waals surface area contributed by atoms with Crippen LogP contribution in [0.1, 0.15) is 135 Å². The fourth-order valence-electron chi connectivity index (χ4n) is 15.2. The summed E-state index contributed by atoms with van der Waals surface area (Å²) in [7, 11) is -13.2. The minimum Gasteiger partial charge on any atom is -0.494 e. The summed E-state index contributed by atoms with van der Waals surface area (Å²) < 4.78 is 104. The molecule has 50 heteroatoms. The topological polar surface area (TPSA) is 630 Å². The largest absolute Gasteiger partial charge is 0.524 e. The number of sulfonamides is 2. The third kappa shape index (κ3) is 43.2. The van der Waals surface area contributed by atoms with Crippen molar-refractivity contribution in [3.05, 3.63) is 161 Å². The molecule has 10 rings (SSSR count). The van der Waals surface area contributed by atoms with Crippen molar-refractivity contribution >= 4 is 115 Å². The number of aryl methyl sites for hydroxylation is 6. The molecule has 0 spiro atoms. The number of carbonyl (C=O) groups is 9. The molecule has 1 aliphatic heterocycles. The third-order valence-electron chi connectivity index (χ3n) is 22.2. The number of imidazole rings is 2. The summed E-state index contributed by atoms with van der Waals surface area (Å²) in [5.74, 6) is -4.45. The number of ether oxygens (including phenoxy) is 5. The van der Waals surface area contributed by atoms with Gasteiger partial charge in [0.25, 0.3) is 11.8 Å². The van der Waals surface area contributed by atoms with Crippen LogP contribution in [0, 0.1) is 27.7 Å². The van der Waals surface area contributed by atoms with Gasteiger partial charge in [-0.05, 0) is 187 Å². The lowest BCUT2D eigenvalue weighted by atomic mass is 10.0. The van der Waals surface area contributed by atoms with E-state index >= 15 is 0 Å². The molecule has 146 heavy (non-hydrogen) atoms. The van der Waals surface area contributed by atoms with Crippen LogP contribution in [0.3, 0.4) is 0 Å². The van der Waals surface area contributed by atoms with E-state index in [1.807, 2.05) is 35.0 Å². The fraction of sp³-hybridized carbons (Fsp3) is 0.510. The first kappa shape index (κ1) is 120. The molecule has 47 nitrogen and oxygen atoms in total. The number of carboxylic acid groups (broad SMARTS) is 4. The maximum Gasteiger partial charge on any atom is 0.524 e. The van der Waals surface area contributed by atoms with Gasteiger partial charge in [-0.2, -0.15) is 19.6 Å². The van der Waals surface area contributed by atoms with Crippen LogP contribution in [0.15, 0.2) is 132 Å². The summed E-state index contributed by atoms with van der Waals surface area (Å²) in [4.78, 5) is 150. The van der Waals surface area contributed by atoms with Crippen molar-refractivity contribution in [2.45, 2.75) is 162 Å². The highest BCUT2D eigenvalue weighted by molar-refractivity contribution is 7.90. The standard InChI is InChI=1S/C31H40N8O7S.C28H35N7O6S.C27H45N6O10P.C10H22O3/c1-4-32-27(40)7-5-14-46-24-15-20(2)28(21(3)16-24)47(44,45)38-25(30(42)43)19-36-29(41)22-8-9-26-23(17-22)18-37-39(26)13-6-10-33-31-34-11-12-35-31;1-4-12-41-22-13-18(2)25(19(3)14-22)42(39,40)34-23(27(37)38)17-32-26(36)20-6-7-24-21(15-20)16-33-35(24)11-5-8-29-28-30-9-10-31-28;1-3-28-27(39)23(17-21-5-7-22(8-6-21)43-44(40,41)42)29-24(34)18-31-11-9-30(4-2)10-12-32(19-25(35)36)15-16-33(14-13-31)20-26(37)38;1-3-5-11-7-9-13-10-8-12-6-4-2/h8-9,11-12,15-18,25,38H,4-7,10,13-14,19H2,1-3H3,(H,32,40)(H,36,41)(H,42,43)(H2,33,34,35);6-7,9-10,13-16,23,34H,4-5,8,11-12,17H2,1-3H3,(H,32,36)(H,37,38)(H2,29,30,31);5-8,23H,3-4,9-20H2,1-2H3,(H,28,39)(H,29,34)(H,35,36)(H,37,38)(H2,40,41,42);3-10H2,1-2H3/t25-;2*23-;/m001./s1. The Hall–Kier alpha value is -12.6. The number of phosphoric acid groups is 1. The van der Waals surface area contributed by atoms with E-state index in [1.165, 1.54) is 12.1 Å². The molecule has 804 valence electrons. The van der Waals surface area contributed by atoms with Gasteiger partial charge in [0.2, 0.25) is 37.8 Å². The number of hydrogen-bond acceptors (Lipinski definition) is 30. The summed E-state index contributed by atoms with van der Waals surface area (Å²) in [6, 6.07) is 18.0. The van der Waals surface area contributed by atoms with E-state index in [0.29, 0.717) is 194 Å². The van der Waals surface area contributed by atoms with Crippen LogP contribution >= 0.6 is 7.82 Å². The van der Waals surface area contributed by atoms with Crippen molar-refractivity contribution in [1.29, 1.82) is 0 Å². The number of nitrogens with zero attached hydrogens (tertiary/aromatic N) is 10. The Morgan fingerprint density at radius 1 is 0.466 bits per heavy atom. The fourth-order valence-corrected chi connectivity index (χ4v) is 18.9. The van der Waals surface area contributed by atoms with Gasteiger partial charge >= 0.3 is 31.7 Å². The molecule has 5 amide bonds. The Labute approximate surface area is 849 Å². The van der Waals surface area contributed by atoms with Crippen LogP contribution in [-0.2, 0) is 91.9 Å². The summed E-state index contributed by atoms with van der Waals surface area (Å²) in [6.07, 6.45) is 15.5. The van der Waals surface area contributed by atoms with Crippen molar-refractivity contribution in [2.75, 3.05) is 181 Å². The monoisotopic (exact) mass is 2100 g/mol. The average molecular weight is 2100 g/mol. The average Bonchev–Trinajstić information content (AvgIpc) is 1.35. The second-order valence-corrected chi connectivity index (χ2v) is 38.5. The number of amides is 5. The number of anilines is 2. The molecule has 1 aliphatic rings. The van der Waals surface area contributed by atoms with Crippen LogP contribution < -0.4 is 60.7 Å². The summed E-state index contributed by atoms with van der Waals surface area (Å²) in [6.45, 7) is 29.9. The minimum atomic E-state index is -4.72. The Morgan fingerprint density at radius 2 is 0.877 bits per heavy atom. The zero-order chi connectivity index (χ0) is 107. The minimum absolute atomic E-state index is 0.0249. The number of likely N-dealkylation sites (N-methyl/N-ethyl adjacent to an activating group) is 2. The van der Waals surface area contributed by atoms with Crippen molar-refractivity contribution in [2.24, 2.45) is 0 Å². The molecule has 0 aliphatic carbocycles. The van der Waals surface area contributed by atoms with Crippen molar-refractivity contribution in [1.82, 2.24) is 95.1 Å². The molecule has 17 N–H and O–H groups in total. The molecular weight excluding hydrogens is 1960 g/mol. The number of carbonyl (C=O) groups excluding carboxylic acids is 5. The number of carboxylic acids is 4. The Balaban J connectivity index is 0.000000279. The molecule has 3 atom stereocenters. The van der Waals surface area contributed by atoms with Crippen molar-refractivity contribution in [3.8, 4) is 17.2 Å². The van der Waals surface area contributed by atoms with Gasteiger partial charge in [0.05, 0.1) is 92.5 Å². The molecule has 0 unspecified atom stereocenters. The van der Waals surface area contributed by atoms with Gasteiger partial charge in [-0.15, -0.1) is 0 Å². The number of nitrogens with one attached hydrogen (secondary N) is 11. The van der Waals surface area contributed by atoms with E-state index in [4.69, 9.17) is 33.5 Å². The predicted octanol–water partition coefficient (Wildman–Crippen LogP) is 5.75. The van der Waals surface area contributed by atoms with Crippen LogP contribution in [0.2, 0.25) is 0 Å². The molecule has 5 aromatic carbocycles. The van der Waals surface area contributed by atoms with Crippen molar-refractivity contribution < 1.29 is 123 Å². The van der Waals surface area contributed by atoms with Gasteiger partial charge < -0.3 is 101 Å². The highest BCUT2D eigenvalue weighted by Crippen LogP contribution is 2.38. The van der Waals surface area contributed by atoms with Crippen LogP contribution in [0.4, 0.5) is 11.9 Å². The lowest BCUT2D eigenvalue weighted by Crippen LogP contribution is -2.52. The lowest BCUT2D eigenvalue weighted by Gasteiger charge is -2.33. The SMILES string of the molecule is CCCOCCOCCOCCC.CCCOc1cc(C)c(S(=O)(=O)N[C@@H](CNC(=O)c2ccc3c(cnn3CCCNc3ncc[nH]3)c2)C(=O)O)c(C)c1.CCNC(=O)CCCOc1cc(C)c(S(=O)(=O)N[C@@H](CNC(=O)c2ccc3c(cnn3CCCNc3ncc[nH]3)c2)C(=O)O)c(C)c1.CCNC(=O)[C@@H](Cc1ccc(OP(=O)(O)O)cc1)NC(=O)CN1CCN(CC)CCN(CC(=O)O)CCN(CC(=O)O)CC1. The number of H-pyrrole nitrogens is 2. The van der Waals surface area contributed by atoms with Gasteiger partial charge in [-0.3, -0.25) is 77.0 Å². The first-order valence-electron chi connectivity index (χ1n) is 48.4. The quantitative estimate of drug-likeness (QED) is 0.0159. The van der Waals surface area contributed by atoms with E-state index in [2.05, 4.69) is 100 Å². The predicted molar refractivity (Wildman–Crippen MR) is 545 cm³/mol. The lowest BCUT2D eigenvalue weighted by molar-refractivity contribution is -0.140. The number of aromatic nitrogens is 8. The molecular formula is C96H142N21O26PS2. The zero-order valence-corrected chi connectivity index (χ0v) is 86.8. The first-order valence-corrected chi connectivity index (χ1v) is 52.9. The molecule has 1 fully saturated rings. The molecule has 9 aromatic rings. The molecule has 0 radical (unpaired) electrons. The molecule has 4 aromatic heterocycles. The van der Waals surface area contributed by atoms with E-state index in [9.17, 15) is 85.0 Å². The maximum atomic E-state index is 13.3. The number of aliphatic carboxylic acids is 4. The number of aromatic amines is 2. The number of benzene rings is 5. The van der Waals surface area contributed by atoms with Crippen molar-refractivity contribution in [3.63, 3.8) is 0 Å².